The van der Waals surface area contributed by atoms with E-state index in [1.165, 1.54) is 18.5 Å². The number of hydrogen-bond donors (Lipinski definition) is 2. The maximum atomic E-state index is 13.8. The van der Waals surface area contributed by atoms with Gasteiger partial charge in [-0.15, -0.1) is 24.8 Å². The van der Waals surface area contributed by atoms with Gasteiger partial charge in [-0.2, -0.15) is 0 Å². The van der Waals surface area contributed by atoms with Crippen molar-refractivity contribution >= 4 is 47.7 Å². The van der Waals surface area contributed by atoms with E-state index in [-0.39, 0.29) is 48.2 Å². The second-order valence-corrected chi connectivity index (χ2v) is 6.56. The largest absolute Gasteiger partial charge is 0.344 e. The molecule has 0 radical (unpaired) electrons. The first kappa shape index (κ1) is 21.4. The van der Waals surface area contributed by atoms with Gasteiger partial charge in [0.25, 0.3) is 5.91 Å². The highest BCUT2D eigenvalue weighted by Gasteiger charge is 2.32. The van der Waals surface area contributed by atoms with E-state index < -0.39 is 5.82 Å². The number of piperidine rings is 1. The van der Waals surface area contributed by atoms with Crippen molar-refractivity contribution in [2.75, 3.05) is 32.7 Å². The molecule has 0 aliphatic carbocycles. The van der Waals surface area contributed by atoms with Crippen molar-refractivity contribution in [3.05, 3.63) is 29.8 Å². The third kappa shape index (κ3) is 4.17. The lowest BCUT2D eigenvalue weighted by Gasteiger charge is -2.41. The Balaban J connectivity index is 0.00000131. The number of halogens is 3. The molecule has 27 heavy (non-hydrogen) atoms. The Morgan fingerprint density at radius 1 is 1.26 bits per heavy atom. The van der Waals surface area contributed by atoms with E-state index >= 15 is 0 Å². The highest BCUT2D eigenvalue weighted by molar-refractivity contribution is 6.04. The Bertz CT molecular complexity index is 831. The molecule has 0 bridgehead atoms. The first-order chi connectivity index (χ1) is 12.1. The molecule has 2 saturated heterocycles. The average Bonchev–Trinajstić information content (AvgIpc) is 3.09. The molecule has 3 heterocycles. The van der Waals surface area contributed by atoms with Crippen LogP contribution in [0.25, 0.3) is 11.0 Å². The lowest BCUT2D eigenvalue weighted by Crippen LogP contribution is -2.57. The Kier molecular flexibility index (Phi) is 7.02. The molecule has 1 unspecified atom stereocenters. The molecule has 1 aromatic carbocycles. The summed E-state index contributed by atoms with van der Waals surface area (Å²) in [7, 11) is 0. The lowest BCUT2D eigenvalue weighted by molar-refractivity contribution is -0.135. The van der Waals surface area contributed by atoms with Gasteiger partial charge in [0.15, 0.2) is 0 Å². The van der Waals surface area contributed by atoms with Crippen LogP contribution in [0, 0.1) is 5.82 Å². The fourth-order valence-electron chi connectivity index (χ4n) is 3.75. The van der Waals surface area contributed by atoms with E-state index in [9.17, 15) is 14.0 Å². The van der Waals surface area contributed by atoms with E-state index in [0.717, 1.165) is 19.4 Å². The number of carbonyl (C=O) groups is 2. The van der Waals surface area contributed by atoms with Gasteiger partial charge < -0.3 is 20.1 Å². The number of aromatic amines is 1. The van der Waals surface area contributed by atoms with Gasteiger partial charge in [0.1, 0.15) is 11.3 Å². The minimum absolute atomic E-state index is 0. The van der Waals surface area contributed by atoms with E-state index in [1.54, 1.807) is 4.90 Å². The second-order valence-electron chi connectivity index (χ2n) is 6.56. The number of aromatic nitrogens is 2. The Morgan fingerprint density at radius 2 is 2.07 bits per heavy atom. The Hall–Kier alpha value is -1.90. The summed E-state index contributed by atoms with van der Waals surface area (Å²) in [6, 6.07) is 2.60. The summed E-state index contributed by atoms with van der Waals surface area (Å²) in [5, 5.41) is 3.06. The highest BCUT2D eigenvalue weighted by Crippen LogP contribution is 2.23. The van der Waals surface area contributed by atoms with Crippen LogP contribution in [-0.2, 0) is 4.79 Å². The summed E-state index contributed by atoms with van der Waals surface area (Å²) in [4.78, 5) is 35.7. The molecule has 0 spiro atoms. The summed E-state index contributed by atoms with van der Waals surface area (Å²) in [6.07, 6.45) is 3.17. The monoisotopic (exact) mass is 417 g/mol. The number of nitrogens with zero attached hydrogens (tertiary/aromatic N) is 3. The number of benzene rings is 1. The van der Waals surface area contributed by atoms with E-state index in [2.05, 4.69) is 15.3 Å². The van der Waals surface area contributed by atoms with Gasteiger partial charge in [0.2, 0.25) is 5.91 Å². The molecule has 2 aliphatic heterocycles. The van der Waals surface area contributed by atoms with E-state index in [0.29, 0.717) is 37.2 Å². The van der Waals surface area contributed by atoms with Gasteiger partial charge in [0.05, 0.1) is 24.0 Å². The van der Waals surface area contributed by atoms with Gasteiger partial charge in [-0.1, -0.05) is 0 Å². The third-order valence-electron chi connectivity index (χ3n) is 4.97. The van der Waals surface area contributed by atoms with Crippen LogP contribution in [0.4, 0.5) is 4.39 Å². The molecule has 2 aromatic rings. The molecule has 2 aliphatic rings. The van der Waals surface area contributed by atoms with Crippen molar-refractivity contribution in [3.63, 3.8) is 0 Å². The smallest absolute Gasteiger partial charge is 0.256 e. The van der Waals surface area contributed by atoms with Crippen LogP contribution in [0.1, 0.15) is 23.2 Å². The second kappa shape index (κ2) is 8.86. The average molecular weight is 418 g/mol. The number of likely N-dealkylation sites (tertiary alicyclic amines) is 1. The molecule has 2 N–H and O–H groups in total. The number of piperazine rings is 1. The van der Waals surface area contributed by atoms with Crippen LogP contribution in [0.5, 0.6) is 0 Å². The summed E-state index contributed by atoms with van der Waals surface area (Å²) in [5.74, 6) is -0.624. The Labute approximate surface area is 168 Å². The van der Waals surface area contributed by atoms with Gasteiger partial charge in [-0.3, -0.25) is 9.59 Å². The molecule has 2 amide bonds. The standard InChI is InChI=1S/C17H20FN5O2.2ClH/c18-11-6-13(16-14(7-11)20-10-21-16)17(25)22-4-1-2-12(9-22)23-5-3-19-8-15(23)24;;/h6-7,10,12,19H,1-5,8-9H2,(H,20,21);2*1H. The molecule has 148 valence electrons. The van der Waals surface area contributed by atoms with Crippen LogP contribution < -0.4 is 5.32 Å². The number of hydrogen-bond acceptors (Lipinski definition) is 4. The third-order valence-corrected chi connectivity index (χ3v) is 4.97. The fourth-order valence-corrected chi connectivity index (χ4v) is 3.75. The number of carbonyl (C=O) groups excluding carboxylic acids is 2. The minimum Gasteiger partial charge on any atom is -0.344 e. The lowest BCUT2D eigenvalue weighted by atomic mass is 10.0. The quantitative estimate of drug-likeness (QED) is 0.776. The zero-order chi connectivity index (χ0) is 17.4. The number of fused-ring (bicyclic) bond motifs is 1. The van der Waals surface area contributed by atoms with Crippen molar-refractivity contribution in [1.29, 1.82) is 0 Å². The molecule has 10 heteroatoms. The molecule has 7 nitrogen and oxygen atoms in total. The predicted molar refractivity (Wildman–Crippen MR) is 104 cm³/mol. The zero-order valence-corrected chi connectivity index (χ0v) is 16.2. The minimum atomic E-state index is -0.467. The first-order valence-corrected chi connectivity index (χ1v) is 8.55. The van der Waals surface area contributed by atoms with E-state index in [1.807, 2.05) is 4.90 Å². The molecule has 0 saturated carbocycles. The summed E-state index contributed by atoms with van der Waals surface area (Å²) in [6.45, 7) is 2.87. The SMILES string of the molecule is Cl.Cl.O=C(c1cc(F)cc2[nH]cnc12)N1CCCC(N2CCNCC2=O)C1. The molecule has 1 atom stereocenters. The maximum absolute atomic E-state index is 13.8. The van der Waals surface area contributed by atoms with Crippen LogP contribution in [0.15, 0.2) is 18.5 Å². The number of rotatable bonds is 2. The number of amides is 2. The van der Waals surface area contributed by atoms with Crippen LogP contribution >= 0.6 is 24.8 Å². The van der Waals surface area contributed by atoms with Gasteiger partial charge in [-0.05, 0) is 25.0 Å². The molecular weight excluding hydrogens is 396 g/mol. The van der Waals surface area contributed by atoms with Crippen LogP contribution in [0.3, 0.4) is 0 Å². The van der Waals surface area contributed by atoms with Crippen molar-refractivity contribution in [2.45, 2.75) is 18.9 Å². The summed E-state index contributed by atoms with van der Waals surface area (Å²) < 4.78 is 13.8. The van der Waals surface area contributed by atoms with Gasteiger partial charge >= 0.3 is 0 Å². The summed E-state index contributed by atoms with van der Waals surface area (Å²) >= 11 is 0. The highest BCUT2D eigenvalue weighted by atomic mass is 35.5. The van der Waals surface area contributed by atoms with Crippen molar-refractivity contribution < 1.29 is 14.0 Å². The summed E-state index contributed by atoms with van der Waals surface area (Å²) in [5.41, 5.74) is 1.25. The number of nitrogens with one attached hydrogen (secondary N) is 2. The maximum Gasteiger partial charge on any atom is 0.256 e. The topological polar surface area (TPSA) is 81.3 Å². The van der Waals surface area contributed by atoms with Crippen molar-refractivity contribution in [3.8, 4) is 0 Å². The molecular formula is C17H22Cl2FN5O2. The molecule has 2 fully saturated rings. The van der Waals surface area contributed by atoms with Crippen molar-refractivity contribution in [1.82, 2.24) is 25.1 Å². The predicted octanol–water partition coefficient (Wildman–Crippen LogP) is 1.58. The fraction of sp³-hybridized carbons (Fsp3) is 0.471. The van der Waals surface area contributed by atoms with E-state index in [4.69, 9.17) is 0 Å². The van der Waals surface area contributed by atoms with Crippen molar-refractivity contribution in [2.24, 2.45) is 0 Å². The van der Waals surface area contributed by atoms with Crippen LogP contribution in [0.2, 0.25) is 0 Å². The van der Waals surface area contributed by atoms with Crippen LogP contribution in [-0.4, -0.2) is 70.3 Å². The number of imidazole rings is 1. The zero-order valence-electron chi connectivity index (χ0n) is 14.6. The van der Waals surface area contributed by atoms with Gasteiger partial charge in [-0.25, -0.2) is 9.37 Å². The number of H-pyrrole nitrogens is 1. The molecule has 1 aromatic heterocycles. The Morgan fingerprint density at radius 3 is 2.85 bits per heavy atom. The van der Waals surface area contributed by atoms with Gasteiger partial charge in [0, 0.05) is 32.2 Å². The normalized spacial score (nSPS) is 20.2. The first-order valence-electron chi connectivity index (χ1n) is 8.55. The molecule has 4 rings (SSSR count).